The number of ketones is 1. The van der Waals surface area contributed by atoms with Crippen molar-refractivity contribution in [2.75, 3.05) is 0 Å². The van der Waals surface area contributed by atoms with Gasteiger partial charge in [0, 0.05) is 54.1 Å². The highest BCUT2D eigenvalue weighted by atomic mass is 16.1. The van der Waals surface area contributed by atoms with Crippen LogP contribution in [-0.2, 0) is 18.4 Å². The van der Waals surface area contributed by atoms with Gasteiger partial charge in [0.15, 0.2) is 11.6 Å². The number of rotatable bonds is 5. The lowest BCUT2D eigenvalue weighted by Crippen LogP contribution is -2.05. The van der Waals surface area contributed by atoms with Crippen molar-refractivity contribution in [3.8, 4) is 33.6 Å². The summed E-state index contributed by atoms with van der Waals surface area (Å²) in [4.78, 5) is 20.2. The van der Waals surface area contributed by atoms with Crippen molar-refractivity contribution in [3.63, 3.8) is 0 Å². The first-order valence-corrected chi connectivity index (χ1v) is 8.52. The molecule has 4 rings (SSSR count). The molecular weight excluding hydrogens is 340 g/mol. The molecule has 0 amide bonds. The van der Waals surface area contributed by atoms with Crippen LogP contribution < -0.4 is 0 Å². The fraction of sp³-hybridized carbons (Fsp3) is 0.150. The molecule has 0 atom stereocenters. The Balaban J connectivity index is 1.59. The molecule has 0 saturated heterocycles. The van der Waals surface area contributed by atoms with Crippen molar-refractivity contribution in [2.24, 2.45) is 7.05 Å². The summed E-state index contributed by atoms with van der Waals surface area (Å²) in [6.07, 6.45) is 10.9. The number of carbonyl (C=O) groups excluding carboxylic acids is 1. The van der Waals surface area contributed by atoms with E-state index < -0.39 is 0 Å². The molecular formula is C20H18N6O. The van der Waals surface area contributed by atoms with Gasteiger partial charge in [-0.25, -0.2) is 9.97 Å². The predicted molar refractivity (Wildman–Crippen MR) is 102 cm³/mol. The molecule has 0 unspecified atom stereocenters. The monoisotopic (exact) mass is 358 g/mol. The summed E-state index contributed by atoms with van der Waals surface area (Å²) in [5, 5.41) is 8.41. The third kappa shape index (κ3) is 3.67. The van der Waals surface area contributed by atoms with Crippen LogP contribution in [0, 0.1) is 0 Å². The molecule has 3 aromatic heterocycles. The van der Waals surface area contributed by atoms with E-state index in [0.717, 1.165) is 27.8 Å². The zero-order valence-electron chi connectivity index (χ0n) is 15.1. The minimum absolute atomic E-state index is 0.0599. The van der Waals surface area contributed by atoms with E-state index in [9.17, 15) is 4.79 Å². The van der Waals surface area contributed by atoms with Crippen molar-refractivity contribution >= 4 is 5.78 Å². The van der Waals surface area contributed by atoms with Crippen LogP contribution in [0.3, 0.4) is 0 Å². The highest BCUT2D eigenvalue weighted by Crippen LogP contribution is 2.25. The maximum absolute atomic E-state index is 11.2. The van der Waals surface area contributed by atoms with Gasteiger partial charge in [0.2, 0.25) is 0 Å². The van der Waals surface area contributed by atoms with Crippen LogP contribution in [0.1, 0.15) is 6.92 Å². The normalized spacial score (nSPS) is 10.9. The zero-order valence-corrected chi connectivity index (χ0v) is 15.1. The Hall–Kier alpha value is -3.61. The van der Waals surface area contributed by atoms with E-state index in [-0.39, 0.29) is 12.3 Å². The molecule has 3 heterocycles. The SMILES string of the molecule is CC(=O)Cn1cc(-c2cnc(-c3cccc(-c4cnn(C)c4)c3)nc2)cn1. The fourth-order valence-corrected chi connectivity index (χ4v) is 2.86. The Bertz CT molecular complexity index is 1090. The second-order valence-corrected chi connectivity index (χ2v) is 6.41. The molecule has 0 radical (unpaired) electrons. The molecule has 4 aromatic rings. The summed E-state index contributed by atoms with van der Waals surface area (Å²) in [5.74, 6) is 0.713. The first-order chi connectivity index (χ1) is 13.1. The van der Waals surface area contributed by atoms with E-state index in [1.165, 1.54) is 0 Å². The predicted octanol–water partition coefficient (Wildman–Crippen LogP) is 3.00. The van der Waals surface area contributed by atoms with E-state index in [0.29, 0.717) is 5.82 Å². The molecule has 0 fully saturated rings. The lowest BCUT2D eigenvalue weighted by atomic mass is 10.1. The van der Waals surface area contributed by atoms with Gasteiger partial charge in [0.05, 0.1) is 18.9 Å². The van der Waals surface area contributed by atoms with Crippen LogP contribution in [0.5, 0.6) is 0 Å². The van der Waals surface area contributed by atoms with Crippen molar-refractivity contribution in [3.05, 3.63) is 61.4 Å². The minimum atomic E-state index is 0.0599. The second kappa shape index (κ2) is 6.95. The second-order valence-electron chi connectivity index (χ2n) is 6.41. The van der Waals surface area contributed by atoms with Gasteiger partial charge in [0.25, 0.3) is 0 Å². The molecule has 7 heteroatoms. The molecule has 0 saturated carbocycles. The molecule has 0 aliphatic rings. The molecule has 0 bridgehead atoms. The fourth-order valence-electron chi connectivity index (χ4n) is 2.86. The number of aryl methyl sites for hydroxylation is 1. The molecule has 27 heavy (non-hydrogen) atoms. The highest BCUT2D eigenvalue weighted by Gasteiger charge is 2.08. The Kier molecular flexibility index (Phi) is 4.33. The molecule has 0 spiro atoms. The largest absolute Gasteiger partial charge is 0.298 e. The first-order valence-electron chi connectivity index (χ1n) is 8.52. The molecule has 1 aromatic carbocycles. The van der Waals surface area contributed by atoms with Gasteiger partial charge in [-0.1, -0.05) is 18.2 Å². The summed E-state index contributed by atoms with van der Waals surface area (Å²) in [6.45, 7) is 1.80. The maximum Gasteiger partial charge on any atom is 0.159 e. The Morgan fingerprint density at radius 1 is 0.889 bits per heavy atom. The van der Waals surface area contributed by atoms with Gasteiger partial charge >= 0.3 is 0 Å². The van der Waals surface area contributed by atoms with E-state index in [1.54, 1.807) is 34.9 Å². The third-order valence-corrected chi connectivity index (χ3v) is 4.16. The Morgan fingerprint density at radius 2 is 1.59 bits per heavy atom. The van der Waals surface area contributed by atoms with Crippen LogP contribution in [0.4, 0.5) is 0 Å². The van der Waals surface area contributed by atoms with Crippen LogP contribution in [-0.4, -0.2) is 35.3 Å². The summed E-state index contributed by atoms with van der Waals surface area (Å²) >= 11 is 0. The number of hydrogen-bond donors (Lipinski definition) is 0. The number of nitrogens with zero attached hydrogens (tertiary/aromatic N) is 6. The first kappa shape index (κ1) is 16.8. The van der Waals surface area contributed by atoms with E-state index in [2.05, 4.69) is 26.2 Å². The Morgan fingerprint density at radius 3 is 2.30 bits per heavy atom. The molecule has 134 valence electrons. The third-order valence-electron chi connectivity index (χ3n) is 4.16. The number of hydrogen-bond acceptors (Lipinski definition) is 5. The molecule has 0 aliphatic heterocycles. The van der Waals surface area contributed by atoms with Crippen LogP contribution in [0.2, 0.25) is 0 Å². The van der Waals surface area contributed by atoms with E-state index in [4.69, 9.17) is 0 Å². The topological polar surface area (TPSA) is 78.5 Å². The van der Waals surface area contributed by atoms with Gasteiger partial charge in [-0.05, 0) is 18.6 Å². The summed E-state index contributed by atoms with van der Waals surface area (Å²) < 4.78 is 3.39. The Labute approximate surface area is 156 Å². The van der Waals surface area contributed by atoms with Gasteiger partial charge in [-0.15, -0.1) is 0 Å². The van der Waals surface area contributed by atoms with Crippen LogP contribution >= 0.6 is 0 Å². The quantitative estimate of drug-likeness (QED) is 0.548. The molecule has 7 nitrogen and oxygen atoms in total. The lowest BCUT2D eigenvalue weighted by molar-refractivity contribution is -0.117. The zero-order chi connectivity index (χ0) is 18.8. The summed E-state index contributed by atoms with van der Waals surface area (Å²) in [6, 6.07) is 8.07. The van der Waals surface area contributed by atoms with Gasteiger partial charge in [-0.3, -0.25) is 14.2 Å². The van der Waals surface area contributed by atoms with Gasteiger partial charge in [-0.2, -0.15) is 10.2 Å². The smallest absolute Gasteiger partial charge is 0.159 e. The van der Waals surface area contributed by atoms with Gasteiger partial charge < -0.3 is 0 Å². The van der Waals surface area contributed by atoms with Gasteiger partial charge in [0.1, 0.15) is 0 Å². The number of carbonyl (C=O) groups is 1. The van der Waals surface area contributed by atoms with Crippen molar-refractivity contribution in [1.29, 1.82) is 0 Å². The van der Waals surface area contributed by atoms with E-state index in [1.807, 2.05) is 43.8 Å². The number of benzene rings is 1. The number of Topliss-reactive ketones (excluding diaryl/α,β-unsaturated/α-hetero) is 1. The van der Waals surface area contributed by atoms with Crippen molar-refractivity contribution < 1.29 is 4.79 Å². The summed E-state index contributed by atoms with van der Waals surface area (Å²) in [7, 11) is 1.90. The molecule has 0 N–H and O–H groups in total. The highest BCUT2D eigenvalue weighted by molar-refractivity contribution is 5.75. The van der Waals surface area contributed by atoms with Crippen LogP contribution in [0.15, 0.2) is 61.4 Å². The van der Waals surface area contributed by atoms with Crippen LogP contribution in [0.25, 0.3) is 33.6 Å². The standard InChI is InChI=1S/C20H18N6O/c1-14(27)11-26-13-19(10-24-26)17-7-21-20(22-8-17)16-5-3-4-15(6-16)18-9-23-25(2)12-18/h3-10,12-13H,11H2,1-2H3. The average molecular weight is 358 g/mol. The average Bonchev–Trinajstić information content (AvgIpc) is 3.31. The summed E-state index contributed by atoms with van der Waals surface area (Å²) in [5.41, 5.74) is 4.80. The van der Waals surface area contributed by atoms with Crippen molar-refractivity contribution in [2.45, 2.75) is 13.5 Å². The lowest BCUT2D eigenvalue weighted by Gasteiger charge is -2.04. The minimum Gasteiger partial charge on any atom is -0.298 e. The van der Waals surface area contributed by atoms with E-state index >= 15 is 0 Å². The maximum atomic E-state index is 11.2. The van der Waals surface area contributed by atoms with Crippen molar-refractivity contribution in [1.82, 2.24) is 29.5 Å². The molecule has 0 aliphatic carbocycles. The number of aromatic nitrogens is 6.